The van der Waals surface area contributed by atoms with Crippen molar-refractivity contribution in [3.63, 3.8) is 0 Å². The Kier molecular flexibility index (Phi) is 23.4. The van der Waals surface area contributed by atoms with Crippen LogP contribution in [0.5, 0.6) is 0 Å². The second-order valence-corrected chi connectivity index (χ2v) is 18.5. The maximum Gasteiger partial charge on any atom is 0.0632 e. The largest absolute Gasteiger partial charge is 0.103 e. The highest BCUT2D eigenvalue weighted by Gasteiger charge is 2.46. The zero-order valence-electron chi connectivity index (χ0n) is 27.2. The van der Waals surface area contributed by atoms with Crippen molar-refractivity contribution in [2.24, 2.45) is 5.92 Å². The molecule has 1 unspecified atom stereocenters. The lowest BCUT2D eigenvalue weighted by Gasteiger charge is -2.48. The van der Waals surface area contributed by atoms with Crippen molar-refractivity contribution in [1.29, 1.82) is 0 Å². The third kappa shape index (κ3) is 15.2. The van der Waals surface area contributed by atoms with E-state index < -0.39 is 8.07 Å². The van der Waals surface area contributed by atoms with Gasteiger partial charge in [0.05, 0.1) is 8.07 Å². The van der Waals surface area contributed by atoms with Crippen LogP contribution in [-0.4, -0.2) is 8.07 Å². The highest BCUT2D eigenvalue weighted by Crippen LogP contribution is 2.54. The first kappa shape index (κ1) is 36.7. The monoisotopic (exact) mass is 533 g/mol. The Morgan fingerprint density at radius 2 is 1.14 bits per heavy atom. The van der Waals surface area contributed by atoms with Gasteiger partial charge in [0, 0.05) is 0 Å². The maximum absolute atomic E-state index is 4.57. The lowest BCUT2D eigenvalue weighted by atomic mass is 9.90. The van der Waals surface area contributed by atoms with E-state index in [2.05, 4.69) is 67.2 Å². The third-order valence-corrected chi connectivity index (χ3v) is 16.8. The van der Waals surface area contributed by atoms with Crippen molar-refractivity contribution in [2.75, 3.05) is 0 Å². The smallest absolute Gasteiger partial charge is 0.0632 e. The van der Waals surface area contributed by atoms with Crippen LogP contribution in [-0.2, 0) is 0 Å². The highest BCUT2D eigenvalue weighted by atomic mass is 28.3. The Bertz CT molecular complexity index is 533. The highest BCUT2D eigenvalue weighted by molar-refractivity contribution is 6.83. The van der Waals surface area contributed by atoms with Gasteiger partial charge in [0.15, 0.2) is 0 Å². The van der Waals surface area contributed by atoms with E-state index in [1.807, 2.05) is 0 Å². The molecule has 0 radical (unpaired) electrons. The summed E-state index contributed by atoms with van der Waals surface area (Å²) >= 11 is 0. The molecular formula is C36H72Si. The Hall–Kier alpha value is -0.303. The Morgan fingerprint density at radius 3 is 1.59 bits per heavy atom. The van der Waals surface area contributed by atoms with E-state index in [-0.39, 0.29) is 0 Å². The molecule has 0 aliphatic carbocycles. The summed E-state index contributed by atoms with van der Waals surface area (Å²) in [5.41, 5.74) is 1.78. The fourth-order valence-electron chi connectivity index (χ4n) is 6.92. The first-order chi connectivity index (χ1) is 17.9. The normalized spacial score (nSPS) is 14.3. The van der Waals surface area contributed by atoms with E-state index in [1.165, 1.54) is 147 Å². The van der Waals surface area contributed by atoms with Crippen LogP contribution >= 0.6 is 0 Å². The summed E-state index contributed by atoms with van der Waals surface area (Å²) in [7, 11) is -1.40. The molecule has 0 saturated carbocycles. The van der Waals surface area contributed by atoms with E-state index in [0.29, 0.717) is 5.04 Å². The van der Waals surface area contributed by atoms with Gasteiger partial charge in [-0.1, -0.05) is 168 Å². The standard InChI is InChI=1S/C36H72Si/c1-9-15-17-19-21-23-25-29-35(30-27-28-34(7)8)31-33-36(11-3,37(12-4,13-5)14-6)32-26-24-22-20-18-16-10-2/h11,30,34H,3,9-10,12-29,31-33H2,1-2,4-8H3/b35-30-. The van der Waals surface area contributed by atoms with Gasteiger partial charge < -0.3 is 0 Å². The van der Waals surface area contributed by atoms with E-state index >= 15 is 0 Å². The molecular weight excluding hydrogens is 460 g/mol. The molecule has 1 atom stereocenters. The van der Waals surface area contributed by atoms with Gasteiger partial charge >= 0.3 is 0 Å². The van der Waals surface area contributed by atoms with Crippen LogP contribution in [0, 0.1) is 5.92 Å². The Balaban J connectivity index is 5.34. The SMILES string of the molecule is C=CC(CCCCCCCCC)(CC/C(=C\CCC(C)C)CCCCCCCCC)[Si](CC)(CC)CC. The topological polar surface area (TPSA) is 0 Å². The van der Waals surface area contributed by atoms with Crippen LogP contribution in [0.3, 0.4) is 0 Å². The fraction of sp³-hybridized carbons (Fsp3) is 0.889. The molecule has 0 spiro atoms. The number of unbranched alkanes of at least 4 members (excludes halogenated alkanes) is 12. The van der Waals surface area contributed by atoms with Crippen LogP contribution in [0.15, 0.2) is 24.3 Å². The van der Waals surface area contributed by atoms with Crippen LogP contribution in [0.1, 0.15) is 177 Å². The lowest BCUT2D eigenvalue weighted by Crippen LogP contribution is -2.45. The Morgan fingerprint density at radius 1 is 0.649 bits per heavy atom. The van der Waals surface area contributed by atoms with Crippen LogP contribution in [0.4, 0.5) is 0 Å². The molecule has 0 aromatic heterocycles. The van der Waals surface area contributed by atoms with Crippen molar-refractivity contribution in [3.8, 4) is 0 Å². The first-order valence-corrected chi connectivity index (χ1v) is 19.8. The quantitative estimate of drug-likeness (QED) is 0.0560. The molecule has 0 rings (SSSR count). The molecule has 0 saturated heterocycles. The molecule has 0 aliphatic rings. The average Bonchev–Trinajstić information content (AvgIpc) is 2.90. The van der Waals surface area contributed by atoms with Gasteiger partial charge in [0.2, 0.25) is 0 Å². The molecule has 0 aromatic carbocycles. The van der Waals surface area contributed by atoms with Gasteiger partial charge in [-0.15, -0.1) is 6.58 Å². The first-order valence-electron chi connectivity index (χ1n) is 17.2. The van der Waals surface area contributed by atoms with Crippen LogP contribution in [0.25, 0.3) is 0 Å². The summed E-state index contributed by atoms with van der Waals surface area (Å²) in [6.07, 6.45) is 33.1. The minimum Gasteiger partial charge on any atom is -0.103 e. The van der Waals surface area contributed by atoms with E-state index in [4.69, 9.17) is 0 Å². The van der Waals surface area contributed by atoms with Gasteiger partial charge in [-0.3, -0.25) is 0 Å². The molecule has 1 heteroatoms. The lowest BCUT2D eigenvalue weighted by molar-refractivity contribution is 0.482. The van der Waals surface area contributed by atoms with Crippen LogP contribution in [0.2, 0.25) is 23.2 Å². The van der Waals surface area contributed by atoms with Gasteiger partial charge in [-0.25, -0.2) is 0 Å². The molecule has 37 heavy (non-hydrogen) atoms. The minimum atomic E-state index is -1.40. The van der Waals surface area contributed by atoms with Crippen molar-refractivity contribution >= 4 is 8.07 Å². The molecule has 0 N–H and O–H groups in total. The van der Waals surface area contributed by atoms with Gasteiger partial charge in [-0.05, 0) is 55.9 Å². The number of allylic oxidation sites excluding steroid dienone is 3. The molecule has 220 valence electrons. The third-order valence-electron chi connectivity index (χ3n) is 9.87. The minimum absolute atomic E-state index is 0.423. The van der Waals surface area contributed by atoms with Crippen molar-refractivity contribution in [2.45, 2.75) is 200 Å². The molecule has 0 bridgehead atoms. The van der Waals surface area contributed by atoms with E-state index in [0.717, 1.165) is 5.92 Å². The zero-order valence-corrected chi connectivity index (χ0v) is 28.2. The Labute approximate surface area is 238 Å². The average molecular weight is 533 g/mol. The summed E-state index contributed by atoms with van der Waals surface area (Å²) in [5.74, 6) is 0.806. The summed E-state index contributed by atoms with van der Waals surface area (Å²) in [4.78, 5) is 0. The van der Waals surface area contributed by atoms with E-state index in [1.54, 1.807) is 5.57 Å². The van der Waals surface area contributed by atoms with Crippen molar-refractivity contribution in [3.05, 3.63) is 24.3 Å². The predicted octanol–water partition coefficient (Wildman–Crippen LogP) is 13.8. The summed E-state index contributed by atoms with van der Waals surface area (Å²) in [5, 5.41) is 0.423. The molecule has 0 amide bonds. The number of rotatable bonds is 27. The van der Waals surface area contributed by atoms with Crippen molar-refractivity contribution in [1.82, 2.24) is 0 Å². The van der Waals surface area contributed by atoms with Gasteiger partial charge in [0.1, 0.15) is 0 Å². The molecule has 0 fully saturated rings. The molecule has 0 aromatic rings. The maximum atomic E-state index is 4.57. The van der Waals surface area contributed by atoms with Gasteiger partial charge in [0.25, 0.3) is 0 Å². The van der Waals surface area contributed by atoms with E-state index in [9.17, 15) is 0 Å². The summed E-state index contributed by atoms with van der Waals surface area (Å²) in [6.45, 7) is 21.5. The number of hydrogen-bond donors (Lipinski definition) is 0. The van der Waals surface area contributed by atoms with Crippen LogP contribution < -0.4 is 0 Å². The molecule has 0 heterocycles. The summed E-state index contributed by atoms with van der Waals surface area (Å²) in [6, 6.07) is 4.27. The number of hydrogen-bond acceptors (Lipinski definition) is 0. The van der Waals surface area contributed by atoms with Gasteiger partial charge in [-0.2, -0.15) is 0 Å². The zero-order chi connectivity index (χ0) is 27.8. The van der Waals surface area contributed by atoms with Crippen molar-refractivity contribution < 1.29 is 0 Å². The second kappa shape index (κ2) is 23.6. The second-order valence-electron chi connectivity index (χ2n) is 12.8. The summed E-state index contributed by atoms with van der Waals surface area (Å²) < 4.78 is 0. The molecule has 0 nitrogen and oxygen atoms in total. The predicted molar refractivity (Wildman–Crippen MR) is 177 cm³/mol. The fourth-order valence-corrected chi connectivity index (χ4v) is 12.3. The molecule has 0 aliphatic heterocycles.